The van der Waals surface area contributed by atoms with E-state index in [1.54, 1.807) is 11.3 Å². The topological polar surface area (TPSA) is 51.2 Å². The summed E-state index contributed by atoms with van der Waals surface area (Å²) in [7, 11) is 0. The number of carbonyl (C=O) groups is 1. The van der Waals surface area contributed by atoms with Crippen LogP contribution in [0.5, 0.6) is 5.75 Å². The van der Waals surface area contributed by atoms with Crippen molar-refractivity contribution in [1.82, 2.24) is 10.3 Å². The maximum atomic E-state index is 13.5. The van der Waals surface area contributed by atoms with Crippen LogP contribution in [-0.2, 0) is 0 Å². The molecule has 1 amide bonds. The molecule has 2 aromatic heterocycles. The Bertz CT molecular complexity index is 1090. The van der Waals surface area contributed by atoms with E-state index in [9.17, 15) is 4.79 Å². The minimum absolute atomic E-state index is 0.00383. The van der Waals surface area contributed by atoms with Crippen LogP contribution >= 0.6 is 11.3 Å². The molecule has 3 heterocycles. The van der Waals surface area contributed by atoms with Crippen LogP contribution in [-0.4, -0.2) is 17.5 Å². The Morgan fingerprint density at radius 2 is 1.97 bits per heavy atom. The highest BCUT2D eigenvalue weighted by Crippen LogP contribution is 2.40. The van der Waals surface area contributed by atoms with Crippen molar-refractivity contribution in [3.63, 3.8) is 0 Å². The van der Waals surface area contributed by atoms with Crippen LogP contribution in [0, 0.1) is 5.92 Å². The summed E-state index contributed by atoms with van der Waals surface area (Å²) >= 11 is 1.61. The highest BCUT2D eigenvalue weighted by molar-refractivity contribution is 7.21. The number of hydrogen-bond acceptors (Lipinski definition) is 4. The van der Waals surface area contributed by atoms with Gasteiger partial charge in [-0.2, -0.15) is 0 Å². The lowest BCUT2D eigenvalue weighted by atomic mass is 9.91. The van der Waals surface area contributed by atoms with Crippen molar-refractivity contribution in [3.05, 3.63) is 58.1 Å². The Morgan fingerprint density at radius 1 is 1.19 bits per heavy atom. The van der Waals surface area contributed by atoms with E-state index in [1.165, 1.54) is 5.56 Å². The molecule has 4 rings (SSSR count). The quantitative estimate of drug-likeness (QED) is 0.461. The summed E-state index contributed by atoms with van der Waals surface area (Å²) in [4.78, 5) is 19.0. The molecule has 1 N–H and O–H groups in total. The Morgan fingerprint density at radius 3 is 2.71 bits per heavy atom. The minimum atomic E-state index is -0.0324. The first-order valence-corrected chi connectivity index (χ1v) is 12.1. The second-order valence-electron chi connectivity index (χ2n) is 9.31. The van der Waals surface area contributed by atoms with Gasteiger partial charge in [0.25, 0.3) is 5.91 Å². The number of ether oxygens (including phenoxy) is 1. The zero-order chi connectivity index (χ0) is 22.1. The lowest BCUT2D eigenvalue weighted by molar-refractivity contribution is 0.0928. The summed E-state index contributed by atoms with van der Waals surface area (Å²) in [6, 6.07) is 10.1. The maximum absolute atomic E-state index is 13.5. The molecule has 0 saturated heterocycles. The molecule has 164 valence electrons. The van der Waals surface area contributed by atoms with Crippen molar-refractivity contribution in [3.8, 4) is 5.75 Å². The summed E-state index contributed by atoms with van der Waals surface area (Å²) in [6.07, 6.45) is 3.80. The highest BCUT2D eigenvalue weighted by Gasteiger charge is 2.28. The Kier molecular flexibility index (Phi) is 6.33. The molecule has 3 aromatic rings. The van der Waals surface area contributed by atoms with Crippen molar-refractivity contribution in [2.75, 3.05) is 6.61 Å². The van der Waals surface area contributed by atoms with Crippen molar-refractivity contribution in [2.45, 2.75) is 65.3 Å². The number of aromatic nitrogens is 1. The Hall–Kier alpha value is -2.40. The molecule has 0 saturated carbocycles. The van der Waals surface area contributed by atoms with Gasteiger partial charge < -0.3 is 10.1 Å². The molecule has 0 radical (unpaired) electrons. The third-order valence-electron chi connectivity index (χ3n) is 6.04. The molecule has 4 nitrogen and oxygen atoms in total. The van der Waals surface area contributed by atoms with Crippen LogP contribution < -0.4 is 10.1 Å². The summed E-state index contributed by atoms with van der Waals surface area (Å²) in [5.41, 5.74) is 4.42. The van der Waals surface area contributed by atoms with Gasteiger partial charge in [-0.1, -0.05) is 52.8 Å². The van der Waals surface area contributed by atoms with Gasteiger partial charge in [-0.15, -0.1) is 11.3 Å². The van der Waals surface area contributed by atoms with Crippen LogP contribution in [0.2, 0.25) is 0 Å². The Balaban J connectivity index is 1.72. The lowest BCUT2D eigenvalue weighted by Crippen LogP contribution is -2.32. The first-order chi connectivity index (χ1) is 14.9. The summed E-state index contributed by atoms with van der Waals surface area (Å²) < 4.78 is 6.93. The predicted octanol–water partition coefficient (Wildman–Crippen LogP) is 6.82. The summed E-state index contributed by atoms with van der Waals surface area (Å²) in [5, 5.41) is 3.29. The number of para-hydroxylation sites is 1. The van der Waals surface area contributed by atoms with Crippen LogP contribution in [0.15, 0.2) is 36.5 Å². The molecule has 1 unspecified atom stereocenters. The first-order valence-electron chi connectivity index (χ1n) is 11.3. The second kappa shape index (κ2) is 8.99. The molecular weight excluding hydrogens is 404 g/mol. The van der Waals surface area contributed by atoms with E-state index >= 15 is 0 Å². The number of nitrogens with zero attached hydrogens (tertiary/aromatic N) is 1. The van der Waals surface area contributed by atoms with Gasteiger partial charge in [0.05, 0.1) is 27.7 Å². The number of thiophene rings is 1. The second-order valence-corrected chi connectivity index (χ2v) is 10.3. The number of pyridine rings is 1. The van der Waals surface area contributed by atoms with Gasteiger partial charge in [0.1, 0.15) is 5.75 Å². The van der Waals surface area contributed by atoms with Gasteiger partial charge in [0, 0.05) is 23.7 Å². The van der Waals surface area contributed by atoms with Crippen LogP contribution in [0.3, 0.4) is 0 Å². The average molecular weight is 437 g/mol. The van der Waals surface area contributed by atoms with E-state index in [2.05, 4.69) is 46.0 Å². The first kappa shape index (κ1) is 21.8. The van der Waals surface area contributed by atoms with Crippen molar-refractivity contribution >= 4 is 27.5 Å². The fourth-order valence-electron chi connectivity index (χ4n) is 4.67. The third-order valence-corrected chi connectivity index (χ3v) is 7.28. The molecule has 5 heteroatoms. The molecule has 1 aromatic carbocycles. The SMILES string of the molecule is CC(C)CC(C)c1ccnc2c(C(C)C)c(C(=O)N[C@H]3CCOc4ccccc43)sc12. The molecular formula is C26H32N2O2S. The monoisotopic (exact) mass is 436 g/mol. The highest BCUT2D eigenvalue weighted by atomic mass is 32.1. The molecule has 2 atom stereocenters. The van der Waals surface area contributed by atoms with Crippen LogP contribution in [0.25, 0.3) is 10.2 Å². The van der Waals surface area contributed by atoms with Crippen LogP contribution in [0.1, 0.15) is 91.7 Å². The molecule has 31 heavy (non-hydrogen) atoms. The fraction of sp³-hybridized carbons (Fsp3) is 0.462. The van der Waals surface area contributed by atoms with Crippen LogP contribution in [0.4, 0.5) is 0 Å². The molecule has 0 fully saturated rings. The minimum Gasteiger partial charge on any atom is -0.493 e. The molecule has 0 bridgehead atoms. The maximum Gasteiger partial charge on any atom is 0.262 e. The van der Waals surface area contributed by atoms with E-state index in [0.717, 1.165) is 44.8 Å². The van der Waals surface area contributed by atoms with Gasteiger partial charge in [-0.25, -0.2) is 0 Å². The molecule has 0 spiro atoms. The van der Waals surface area contributed by atoms with Gasteiger partial charge in [0.15, 0.2) is 0 Å². The lowest BCUT2D eigenvalue weighted by Gasteiger charge is -2.26. The van der Waals surface area contributed by atoms with Crippen molar-refractivity contribution in [1.29, 1.82) is 0 Å². The van der Waals surface area contributed by atoms with Gasteiger partial charge >= 0.3 is 0 Å². The zero-order valence-electron chi connectivity index (χ0n) is 19.1. The van der Waals surface area contributed by atoms with E-state index in [1.807, 2.05) is 30.5 Å². The number of rotatable bonds is 6. The third kappa shape index (κ3) is 4.33. The number of fused-ring (bicyclic) bond motifs is 2. The Labute approximate surface area is 189 Å². The number of amides is 1. The van der Waals surface area contributed by atoms with Gasteiger partial charge in [-0.05, 0) is 41.9 Å². The molecule has 0 aliphatic carbocycles. The van der Waals surface area contributed by atoms with E-state index in [4.69, 9.17) is 9.72 Å². The standard InChI is InChI=1S/C26H32N2O2S/c1-15(2)14-17(5)18-10-12-27-23-22(16(3)4)25(31-24(18)23)26(29)28-20-11-13-30-21-9-7-6-8-19(20)21/h6-10,12,15-17,20H,11,13-14H2,1-5H3,(H,28,29)/t17?,20-/m0/s1. The van der Waals surface area contributed by atoms with E-state index in [-0.39, 0.29) is 17.9 Å². The molecule has 1 aliphatic rings. The normalized spacial score (nSPS) is 16.9. The van der Waals surface area contributed by atoms with Gasteiger partial charge in [0.2, 0.25) is 0 Å². The van der Waals surface area contributed by atoms with E-state index in [0.29, 0.717) is 18.4 Å². The largest absolute Gasteiger partial charge is 0.493 e. The van der Waals surface area contributed by atoms with Gasteiger partial charge in [-0.3, -0.25) is 9.78 Å². The number of hydrogen-bond donors (Lipinski definition) is 1. The zero-order valence-corrected chi connectivity index (χ0v) is 19.9. The van der Waals surface area contributed by atoms with E-state index < -0.39 is 0 Å². The van der Waals surface area contributed by atoms with Crippen molar-refractivity contribution < 1.29 is 9.53 Å². The number of carbonyl (C=O) groups excluding carboxylic acids is 1. The molecule has 1 aliphatic heterocycles. The summed E-state index contributed by atoms with van der Waals surface area (Å²) in [5.74, 6) is 2.14. The predicted molar refractivity (Wildman–Crippen MR) is 128 cm³/mol. The number of nitrogens with one attached hydrogen (secondary N) is 1. The summed E-state index contributed by atoms with van der Waals surface area (Å²) in [6.45, 7) is 11.7. The van der Waals surface area contributed by atoms with Crippen molar-refractivity contribution in [2.24, 2.45) is 5.92 Å². The number of benzene rings is 1. The average Bonchev–Trinajstić information content (AvgIpc) is 3.13. The fourth-order valence-corrected chi connectivity index (χ4v) is 6.11. The smallest absolute Gasteiger partial charge is 0.262 e.